The van der Waals surface area contributed by atoms with Crippen LogP contribution in [0.15, 0.2) is 24.3 Å². The predicted octanol–water partition coefficient (Wildman–Crippen LogP) is 1.53. The smallest absolute Gasteiger partial charge is 0.226 e. The molecule has 3 unspecified atom stereocenters. The van der Waals surface area contributed by atoms with Gasteiger partial charge in [-0.1, -0.05) is 0 Å². The van der Waals surface area contributed by atoms with Crippen molar-refractivity contribution in [2.24, 2.45) is 0 Å². The zero-order valence-electron chi connectivity index (χ0n) is 9.30. The molecule has 0 radical (unpaired) electrons. The lowest BCUT2D eigenvalue weighted by Crippen LogP contribution is -2.41. The SMILES string of the molecule is CC1CCC(O)C(Oc2ccc(N)cc2)O1. The molecule has 4 heteroatoms. The maximum atomic E-state index is 9.73. The summed E-state index contributed by atoms with van der Waals surface area (Å²) in [7, 11) is 0. The topological polar surface area (TPSA) is 64.7 Å². The molecule has 88 valence electrons. The lowest BCUT2D eigenvalue weighted by molar-refractivity contribution is -0.196. The molecular weight excluding hydrogens is 206 g/mol. The molecule has 0 aromatic heterocycles. The van der Waals surface area contributed by atoms with Crippen LogP contribution in [0.1, 0.15) is 19.8 Å². The van der Waals surface area contributed by atoms with Gasteiger partial charge < -0.3 is 20.3 Å². The Labute approximate surface area is 95.0 Å². The molecule has 0 aliphatic carbocycles. The number of anilines is 1. The molecule has 0 saturated carbocycles. The third-order valence-corrected chi connectivity index (χ3v) is 2.68. The molecule has 1 aromatic rings. The molecule has 1 heterocycles. The molecule has 0 bridgehead atoms. The van der Waals surface area contributed by atoms with Crippen molar-refractivity contribution in [3.8, 4) is 5.75 Å². The fourth-order valence-electron chi connectivity index (χ4n) is 1.72. The molecule has 3 N–H and O–H groups in total. The van der Waals surface area contributed by atoms with Crippen molar-refractivity contribution in [1.29, 1.82) is 0 Å². The first-order valence-electron chi connectivity index (χ1n) is 5.51. The number of hydrogen-bond donors (Lipinski definition) is 2. The van der Waals surface area contributed by atoms with Crippen molar-refractivity contribution in [2.45, 2.75) is 38.3 Å². The second-order valence-electron chi connectivity index (χ2n) is 4.15. The molecule has 16 heavy (non-hydrogen) atoms. The molecule has 1 aliphatic rings. The Balaban J connectivity index is 2.00. The van der Waals surface area contributed by atoms with Crippen LogP contribution in [0.25, 0.3) is 0 Å². The maximum Gasteiger partial charge on any atom is 0.226 e. The van der Waals surface area contributed by atoms with Gasteiger partial charge in [0.2, 0.25) is 6.29 Å². The molecule has 0 spiro atoms. The Morgan fingerprint density at radius 1 is 1.31 bits per heavy atom. The molecule has 4 nitrogen and oxygen atoms in total. The van der Waals surface area contributed by atoms with E-state index in [9.17, 15) is 5.11 Å². The van der Waals surface area contributed by atoms with E-state index in [2.05, 4.69) is 0 Å². The van der Waals surface area contributed by atoms with Crippen LogP contribution in [0, 0.1) is 0 Å². The Bertz CT molecular complexity index is 339. The highest BCUT2D eigenvalue weighted by Crippen LogP contribution is 2.23. The van der Waals surface area contributed by atoms with E-state index in [0.717, 1.165) is 6.42 Å². The highest BCUT2D eigenvalue weighted by molar-refractivity contribution is 5.41. The van der Waals surface area contributed by atoms with Gasteiger partial charge in [0, 0.05) is 5.69 Å². The highest BCUT2D eigenvalue weighted by atomic mass is 16.7. The quantitative estimate of drug-likeness (QED) is 0.746. The van der Waals surface area contributed by atoms with Crippen molar-refractivity contribution in [3.63, 3.8) is 0 Å². The monoisotopic (exact) mass is 223 g/mol. The second kappa shape index (κ2) is 4.72. The number of nitrogens with two attached hydrogens (primary N) is 1. The number of nitrogen functional groups attached to an aromatic ring is 1. The van der Waals surface area contributed by atoms with Gasteiger partial charge in [-0.05, 0) is 44.0 Å². The minimum absolute atomic E-state index is 0.127. The van der Waals surface area contributed by atoms with E-state index in [4.69, 9.17) is 15.2 Å². The molecular formula is C12H17NO3. The molecule has 1 aliphatic heterocycles. The van der Waals surface area contributed by atoms with Crippen molar-refractivity contribution >= 4 is 5.69 Å². The molecule has 1 fully saturated rings. The number of ether oxygens (including phenoxy) is 2. The van der Waals surface area contributed by atoms with Gasteiger partial charge in [0.25, 0.3) is 0 Å². The Kier molecular flexibility index (Phi) is 3.31. The van der Waals surface area contributed by atoms with Crippen LogP contribution in [-0.2, 0) is 4.74 Å². The van der Waals surface area contributed by atoms with Crippen molar-refractivity contribution in [1.82, 2.24) is 0 Å². The van der Waals surface area contributed by atoms with Gasteiger partial charge in [-0.3, -0.25) is 0 Å². The average Bonchev–Trinajstić information content (AvgIpc) is 2.27. The zero-order chi connectivity index (χ0) is 11.5. The van der Waals surface area contributed by atoms with Gasteiger partial charge >= 0.3 is 0 Å². The minimum atomic E-state index is -0.577. The number of aliphatic hydroxyl groups is 1. The van der Waals surface area contributed by atoms with Gasteiger partial charge in [0.05, 0.1) is 6.10 Å². The first-order chi connectivity index (χ1) is 7.65. The summed E-state index contributed by atoms with van der Waals surface area (Å²) in [5.74, 6) is 0.660. The van der Waals surface area contributed by atoms with Crippen LogP contribution in [0.2, 0.25) is 0 Å². The lowest BCUT2D eigenvalue weighted by atomic mass is 10.1. The molecule has 2 rings (SSSR count). The van der Waals surface area contributed by atoms with Crippen LogP contribution in [-0.4, -0.2) is 23.6 Å². The van der Waals surface area contributed by atoms with Gasteiger partial charge in [0.15, 0.2) is 0 Å². The second-order valence-corrected chi connectivity index (χ2v) is 4.15. The molecule has 1 aromatic carbocycles. The summed E-state index contributed by atoms with van der Waals surface area (Å²) in [6.07, 6.45) is 0.562. The first kappa shape index (κ1) is 11.2. The van der Waals surface area contributed by atoms with E-state index in [1.807, 2.05) is 6.92 Å². The summed E-state index contributed by atoms with van der Waals surface area (Å²) in [6, 6.07) is 7.05. The molecule has 3 atom stereocenters. The fourth-order valence-corrected chi connectivity index (χ4v) is 1.72. The Morgan fingerprint density at radius 2 is 2.00 bits per heavy atom. The first-order valence-corrected chi connectivity index (χ1v) is 5.51. The van der Waals surface area contributed by atoms with Gasteiger partial charge in [-0.15, -0.1) is 0 Å². The fraction of sp³-hybridized carbons (Fsp3) is 0.500. The Hall–Kier alpha value is -1.26. The highest BCUT2D eigenvalue weighted by Gasteiger charge is 2.29. The van der Waals surface area contributed by atoms with Gasteiger partial charge in [-0.25, -0.2) is 0 Å². The Morgan fingerprint density at radius 3 is 2.69 bits per heavy atom. The van der Waals surface area contributed by atoms with E-state index in [1.54, 1.807) is 24.3 Å². The van der Waals surface area contributed by atoms with E-state index in [-0.39, 0.29) is 6.10 Å². The number of rotatable bonds is 2. The maximum absolute atomic E-state index is 9.73. The van der Waals surface area contributed by atoms with Crippen LogP contribution >= 0.6 is 0 Å². The van der Waals surface area contributed by atoms with E-state index >= 15 is 0 Å². The van der Waals surface area contributed by atoms with Crippen LogP contribution in [0.5, 0.6) is 5.75 Å². The number of hydrogen-bond acceptors (Lipinski definition) is 4. The summed E-state index contributed by atoms with van der Waals surface area (Å²) in [5, 5.41) is 9.73. The van der Waals surface area contributed by atoms with Crippen LogP contribution in [0.4, 0.5) is 5.69 Å². The average molecular weight is 223 g/mol. The van der Waals surface area contributed by atoms with Crippen molar-refractivity contribution in [3.05, 3.63) is 24.3 Å². The van der Waals surface area contributed by atoms with Gasteiger partial charge in [-0.2, -0.15) is 0 Å². The lowest BCUT2D eigenvalue weighted by Gasteiger charge is -2.32. The van der Waals surface area contributed by atoms with Gasteiger partial charge in [0.1, 0.15) is 11.9 Å². The van der Waals surface area contributed by atoms with Crippen molar-refractivity contribution in [2.75, 3.05) is 5.73 Å². The summed E-state index contributed by atoms with van der Waals surface area (Å²) in [4.78, 5) is 0. The molecule has 1 saturated heterocycles. The van der Waals surface area contributed by atoms with Crippen LogP contribution in [0.3, 0.4) is 0 Å². The van der Waals surface area contributed by atoms with E-state index < -0.39 is 12.4 Å². The van der Waals surface area contributed by atoms with Crippen molar-refractivity contribution < 1.29 is 14.6 Å². The summed E-state index contributed by atoms with van der Waals surface area (Å²) in [6.45, 7) is 1.98. The predicted molar refractivity (Wildman–Crippen MR) is 61.1 cm³/mol. The number of benzene rings is 1. The van der Waals surface area contributed by atoms with E-state index in [0.29, 0.717) is 17.9 Å². The minimum Gasteiger partial charge on any atom is -0.462 e. The third-order valence-electron chi connectivity index (χ3n) is 2.68. The standard InChI is InChI=1S/C12H17NO3/c1-8-2-7-11(14)12(15-8)16-10-5-3-9(13)4-6-10/h3-6,8,11-12,14H,2,7,13H2,1H3. The summed E-state index contributed by atoms with van der Waals surface area (Å²) < 4.78 is 11.1. The largest absolute Gasteiger partial charge is 0.462 e. The number of aliphatic hydroxyl groups excluding tert-OH is 1. The third kappa shape index (κ3) is 2.65. The summed E-state index contributed by atoms with van der Waals surface area (Å²) in [5.41, 5.74) is 6.26. The normalized spacial score (nSPS) is 30.0. The van der Waals surface area contributed by atoms with Crippen LogP contribution < -0.4 is 10.5 Å². The zero-order valence-corrected chi connectivity index (χ0v) is 9.30. The summed E-state index contributed by atoms with van der Waals surface area (Å²) >= 11 is 0. The molecule has 0 amide bonds. The van der Waals surface area contributed by atoms with E-state index in [1.165, 1.54) is 0 Å².